The third-order valence-electron chi connectivity index (χ3n) is 3.69. The average molecular weight is 348 g/mol. The van der Waals surface area contributed by atoms with Gasteiger partial charge in [-0.05, 0) is 43.5 Å². The van der Waals surface area contributed by atoms with Gasteiger partial charge in [0, 0.05) is 12.2 Å². The fourth-order valence-corrected chi connectivity index (χ4v) is 3.38. The number of carbonyl (C=O) groups is 1. The van der Waals surface area contributed by atoms with Gasteiger partial charge in [0.2, 0.25) is 15.9 Å². The van der Waals surface area contributed by atoms with Gasteiger partial charge in [0.05, 0.1) is 10.8 Å². The number of amides is 1. The third-order valence-corrected chi connectivity index (χ3v) is 4.68. The summed E-state index contributed by atoms with van der Waals surface area (Å²) in [7, 11) is -3.79. The number of rotatable bonds is 4. The lowest BCUT2D eigenvalue weighted by atomic mass is 9.99. The highest BCUT2D eigenvalue weighted by atomic mass is 35.5. The molecule has 1 heterocycles. The largest absolute Gasteiger partial charge is 0.326 e. The van der Waals surface area contributed by atoms with Crippen LogP contribution in [-0.4, -0.2) is 27.4 Å². The molecule has 1 unspecified atom stereocenters. The van der Waals surface area contributed by atoms with E-state index in [2.05, 4.69) is 10.6 Å². The van der Waals surface area contributed by atoms with Crippen molar-refractivity contribution in [1.29, 1.82) is 0 Å². The summed E-state index contributed by atoms with van der Waals surface area (Å²) in [6.07, 6.45) is 2.37. The van der Waals surface area contributed by atoms with Crippen LogP contribution in [-0.2, 0) is 21.2 Å². The van der Waals surface area contributed by atoms with E-state index in [9.17, 15) is 13.2 Å². The van der Waals surface area contributed by atoms with Gasteiger partial charge in [-0.2, -0.15) is 0 Å². The van der Waals surface area contributed by atoms with Crippen molar-refractivity contribution in [3.8, 4) is 0 Å². The highest BCUT2D eigenvalue weighted by Gasteiger charge is 2.21. The number of carbonyl (C=O) groups excluding carboxylic acids is 1. The van der Waals surface area contributed by atoms with Crippen LogP contribution in [0.25, 0.3) is 0 Å². The first-order valence-corrected chi connectivity index (χ1v) is 8.63. The lowest BCUT2D eigenvalue weighted by Crippen LogP contribution is -2.37. The number of halogens is 1. The third kappa shape index (κ3) is 4.67. The lowest BCUT2D eigenvalue weighted by Gasteiger charge is -2.22. The predicted octanol–water partition coefficient (Wildman–Crippen LogP) is 1.26. The number of hydrogen-bond donors (Lipinski definition) is 3. The van der Waals surface area contributed by atoms with E-state index in [1.54, 1.807) is 12.1 Å². The van der Waals surface area contributed by atoms with Gasteiger partial charge in [0.1, 0.15) is 0 Å². The van der Waals surface area contributed by atoms with Crippen LogP contribution in [0.4, 0.5) is 5.69 Å². The van der Waals surface area contributed by atoms with E-state index < -0.39 is 10.0 Å². The molecule has 1 amide bonds. The number of aryl methyl sites for hydroxylation is 1. The Hall–Kier alpha value is -1.15. The predicted molar refractivity (Wildman–Crippen MR) is 88.7 cm³/mol. The second-order valence-electron chi connectivity index (χ2n) is 5.25. The Morgan fingerprint density at radius 2 is 2.18 bits per heavy atom. The molecule has 22 heavy (non-hydrogen) atoms. The average Bonchev–Trinajstić information content (AvgIpc) is 2.47. The fourth-order valence-electron chi connectivity index (χ4n) is 2.51. The quantitative estimate of drug-likeness (QED) is 0.763. The number of primary sulfonamides is 1. The summed E-state index contributed by atoms with van der Waals surface area (Å²) in [6, 6.07) is 4.83. The van der Waals surface area contributed by atoms with Crippen molar-refractivity contribution >= 4 is 34.0 Å². The van der Waals surface area contributed by atoms with E-state index in [-0.39, 0.29) is 29.1 Å². The van der Waals surface area contributed by atoms with Crippen molar-refractivity contribution in [2.75, 3.05) is 18.4 Å². The minimum absolute atomic E-state index is 0. The minimum atomic E-state index is -3.79. The van der Waals surface area contributed by atoms with Gasteiger partial charge in [-0.3, -0.25) is 4.79 Å². The van der Waals surface area contributed by atoms with Crippen molar-refractivity contribution in [2.24, 2.45) is 11.1 Å². The summed E-state index contributed by atoms with van der Waals surface area (Å²) in [5.41, 5.74) is 1.11. The minimum Gasteiger partial charge on any atom is -0.326 e. The van der Waals surface area contributed by atoms with Crippen LogP contribution in [0.15, 0.2) is 23.1 Å². The Morgan fingerprint density at radius 1 is 1.45 bits per heavy atom. The standard InChI is InChI=1S/C14H21N3O3S.ClH/c1-2-10-5-6-12(8-13(10)21(15,19)20)17-14(18)11-4-3-7-16-9-11;/h5-6,8,11,16H,2-4,7,9H2,1H3,(H,17,18)(H2,15,19,20);1H. The van der Waals surface area contributed by atoms with Crippen LogP contribution in [0.5, 0.6) is 0 Å². The van der Waals surface area contributed by atoms with E-state index in [1.807, 2.05) is 6.92 Å². The Labute approximate surface area is 137 Å². The van der Waals surface area contributed by atoms with Gasteiger partial charge in [-0.25, -0.2) is 13.6 Å². The molecule has 1 saturated heterocycles. The van der Waals surface area contributed by atoms with Gasteiger partial charge in [0.25, 0.3) is 0 Å². The van der Waals surface area contributed by atoms with E-state index in [0.29, 0.717) is 24.2 Å². The Morgan fingerprint density at radius 3 is 2.73 bits per heavy atom. The van der Waals surface area contributed by atoms with Gasteiger partial charge in [-0.1, -0.05) is 13.0 Å². The number of hydrogen-bond acceptors (Lipinski definition) is 4. The molecular formula is C14H22ClN3O3S. The molecule has 1 aromatic rings. The molecular weight excluding hydrogens is 326 g/mol. The SMILES string of the molecule is CCc1ccc(NC(=O)C2CCCNC2)cc1S(N)(=O)=O.Cl. The van der Waals surface area contributed by atoms with Crippen molar-refractivity contribution in [3.63, 3.8) is 0 Å². The number of benzene rings is 1. The van der Waals surface area contributed by atoms with E-state index >= 15 is 0 Å². The summed E-state index contributed by atoms with van der Waals surface area (Å²) in [5, 5.41) is 11.2. The summed E-state index contributed by atoms with van der Waals surface area (Å²) in [4.78, 5) is 12.2. The molecule has 0 bridgehead atoms. The molecule has 6 nitrogen and oxygen atoms in total. The smallest absolute Gasteiger partial charge is 0.238 e. The molecule has 0 radical (unpaired) electrons. The maximum absolute atomic E-state index is 12.2. The zero-order chi connectivity index (χ0) is 15.5. The van der Waals surface area contributed by atoms with Crippen LogP contribution in [0.1, 0.15) is 25.3 Å². The van der Waals surface area contributed by atoms with Gasteiger partial charge in [0.15, 0.2) is 0 Å². The molecule has 1 aliphatic rings. The van der Waals surface area contributed by atoms with E-state index in [0.717, 1.165) is 19.4 Å². The van der Waals surface area contributed by atoms with Crippen molar-refractivity contribution < 1.29 is 13.2 Å². The molecule has 0 saturated carbocycles. The molecule has 124 valence electrons. The van der Waals surface area contributed by atoms with Gasteiger partial charge >= 0.3 is 0 Å². The molecule has 1 aliphatic heterocycles. The van der Waals surface area contributed by atoms with Gasteiger partial charge in [-0.15, -0.1) is 12.4 Å². The highest BCUT2D eigenvalue weighted by Crippen LogP contribution is 2.21. The summed E-state index contributed by atoms with van der Waals surface area (Å²) >= 11 is 0. The number of sulfonamides is 1. The first-order chi connectivity index (χ1) is 9.91. The normalized spacial score (nSPS) is 18.4. The monoisotopic (exact) mass is 347 g/mol. The second-order valence-corrected chi connectivity index (χ2v) is 6.78. The number of anilines is 1. The number of piperidine rings is 1. The van der Waals surface area contributed by atoms with Crippen LogP contribution in [0.3, 0.4) is 0 Å². The highest BCUT2D eigenvalue weighted by molar-refractivity contribution is 7.89. The van der Waals surface area contributed by atoms with Gasteiger partial charge < -0.3 is 10.6 Å². The molecule has 1 fully saturated rings. The molecule has 0 aromatic heterocycles. The number of nitrogens with one attached hydrogen (secondary N) is 2. The molecule has 0 aliphatic carbocycles. The molecule has 0 spiro atoms. The first-order valence-electron chi connectivity index (χ1n) is 7.09. The zero-order valence-electron chi connectivity index (χ0n) is 12.5. The lowest BCUT2D eigenvalue weighted by molar-refractivity contribution is -0.120. The fraction of sp³-hybridized carbons (Fsp3) is 0.500. The number of nitrogens with two attached hydrogens (primary N) is 1. The van der Waals surface area contributed by atoms with Crippen LogP contribution < -0.4 is 15.8 Å². The first kappa shape index (κ1) is 18.9. The van der Waals surface area contributed by atoms with Crippen LogP contribution >= 0.6 is 12.4 Å². The maximum atomic E-state index is 12.2. The van der Waals surface area contributed by atoms with Crippen molar-refractivity contribution in [2.45, 2.75) is 31.1 Å². The molecule has 8 heteroatoms. The Balaban J connectivity index is 0.00000242. The van der Waals surface area contributed by atoms with Crippen LogP contribution in [0, 0.1) is 5.92 Å². The molecule has 1 aromatic carbocycles. The van der Waals surface area contributed by atoms with E-state index in [1.165, 1.54) is 6.07 Å². The summed E-state index contributed by atoms with van der Waals surface area (Å²) in [6.45, 7) is 3.45. The van der Waals surface area contributed by atoms with Crippen molar-refractivity contribution in [3.05, 3.63) is 23.8 Å². The summed E-state index contributed by atoms with van der Waals surface area (Å²) < 4.78 is 23.2. The second kappa shape index (κ2) is 7.92. The molecule has 2 rings (SSSR count). The zero-order valence-corrected chi connectivity index (χ0v) is 14.1. The van der Waals surface area contributed by atoms with Crippen LogP contribution in [0.2, 0.25) is 0 Å². The summed E-state index contributed by atoms with van der Waals surface area (Å²) in [5.74, 6) is -0.172. The van der Waals surface area contributed by atoms with E-state index in [4.69, 9.17) is 5.14 Å². The maximum Gasteiger partial charge on any atom is 0.238 e. The molecule has 1 atom stereocenters. The Bertz CT molecular complexity index is 628. The topological polar surface area (TPSA) is 101 Å². The van der Waals surface area contributed by atoms with Crippen molar-refractivity contribution in [1.82, 2.24) is 5.32 Å². The Kier molecular flexibility index (Phi) is 6.80. The molecule has 4 N–H and O–H groups in total.